The van der Waals surface area contributed by atoms with E-state index in [0.29, 0.717) is 28.7 Å². The van der Waals surface area contributed by atoms with Crippen LogP contribution in [0.1, 0.15) is 18.6 Å². The van der Waals surface area contributed by atoms with Gasteiger partial charge in [-0.05, 0) is 31.2 Å². The van der Waals surface area contributed by atoms with Gasteiger partial charge in [-0.25, -0.2) is 0 Å². The number of ether oxygens (including phenoxy) is 5. The number of rotatable bonds is 4. The minimum absolute atomic E-state index is 0.170. The fraction of sp³-hybridized carbons (Fsp3) is 0.333. The first-order valence-electron chi connectivity index (χ1n) is 7.40. The van der Waals surface area contributed by atoms with Crippen molar-refractivity contribution in [1.29, 1.82) is 0 Å². The second kappa shape index (κ2) is 6.28. The molecule has 5 heteroatoms. The molecule has 2 aromatic rings. The van der Waals surface area contributed by atoms with Gasteiger partial charge in [0.15, 0.2) is 29.1 Å². The summed E-state index contributed by atoms with van der Waals surface area (Å²) in [5.74, 6) is 3.32. The fourth-order valence-electron chi connectivity index (χ4n) is 2.71. The molecule has 0 bridgehead atoms. The SMILES string of the molecule is COc1ccc([C@H]2Oc3cccc(OC)c3O[C@@H]2C)cc1OC. The molecule has 0 spiro atoms. The highest BCUT2D eigenvalue weighted by Crippen LogP contribution is 2.45. The summed E-state index contributed by atoms with van der Waals surface area (Å²) >= 11 is 0. The molecule has 0 amide bonds. The predicted molar refractivity (Wildman–Crippen MR) is 86.0 cm³/mol. The molecule has 122 valence electrons. The Labute approximate surface area is 135 Å². The van der Waals surface area contributed by atoms with Gasteiger partial charge in [0.05, 0.1) is 21.3 Å². The van der Waals surface area contributed by atoms with Gasteiger partial charge in [-0.1, -0.05) is 12.1 Å². The van der Waals surface area contributed by atoms with E-state index in [-0.39, 0.29) is 12.2 Å². The Morgan fingerprint density at radius 2 is 1.57 bits per heavy atom. The zero-order valence-electron chi connectivity index (χ0n) is 13.7. The van der Waals surface area contributed by atoms with Crippen molar-refractivity contribution >= 4 is 0 Å². The first-order valence-corrected chi connectivity index (χ1v) is 7.40. The molecule has 0 fully saturated rings. The summed E-state index contributed by atoms with van der Waals surface area (Å²) < 4.78 is 28.1. The summed E-state index contributed by atoms with van der Waals surface area (Å²) in [5.41, 5.74) is 0.962. The Hall–Kier alpha value is -2.56. The fourth-order valence-corrected chi connectivity index (χ4v) is 2.71. The zero-order valence-corrected chi connectivity index (χ0v) is 13.7. The summed E-state index contributed by atoms with van der Waals surface area (Å²) in [6, 6.07) is 11.3. The van der Waals surface area contributed by atoms with Crippen molar-refractivity contribution in [2.45, 2.75) is 19.1 Å². The lowest BCUT2D eigenvalue weighted by Gasteiger charge is -2.33. The molecule has 2 atom stereocenters. The van der Waals surface area contributed by atoms with Crippen molar-refractivity contribution < 1.29 is 23.7 Å². The Kier molecular flexibility index (Phi) is 4.19. The zero-order chi connectivity index (χ0) is 16.4. The van der Waals surface area contributed by atoms with Gasteiger partial charge in [-0.3, -0.25) is 0 Å². The number of benzene rings is 2. The minimum atomic E-state index is -0.241. The van der Waals surface area contributed by atoms with Gasteiger partial charge in [-0.2, -0.15) is 0 Å². The second-order valence-corrected chi connectivity index (χ2v) is 5.26. The van der Waals surface area contributed by atoms with Crippen LogP contribution in [-0.2, 0) is 0 Å². The van der Waals surface area contributed by atoms with E-state index in [1.165, 1.54) is 0 Å². The van der Waals surface area contributed by atoms with E-state index in [1.807, 2.05) is 43.3 Å². The summed E-state index contributed by atoms with van der Waals surface area (Å²) in [6.07, 6.45) is -0.411. The quantitative estimate of drug-likeness (QED) is 0.862. The largest absolute Gasteiger partial charge is 0.493 e. The monoisotopic (exact) mass is 316 g/mol. The van der Waals surface area contributed by atoms with Crippen LogP contribution in [0.3, 0.4) is 0 Å². The second-order valence-electron chi connectivity index (χ2n) is 5.26. The third-order valence-corrected chi connectivity index (χ3v) is 3.88. The van der Waals surface area contributed by atoms with Crippen LogP contribution in [-0.4, -0.2) is 27.4 Å². The first-order chi connectivity index (χ1) is 11.2. The van der Waals surface area contributed by atoms with Crippen LogP contribution in [0.2, 0.25) is 0 Å². The maximum Gasteiger partial charge on any atom is 0.204 e. The highest BCUT2D eigenvalue weighted by atomic mass is 16.6. The lowest BCUT2D eigenvalue weighted by molar-refractivity contribution is 0.0280. The summed E-state index contributed by atoms with van der Waals surface area (Å²) in [5, 5.41) is 0. The molecule has 1 aliphatic rings. The van der Waals surface area contributed by atoms with E-state index in [2.05, 4.69) is 0 Å². The molecule has 0 saturated heterocycles. The van der Waals surface area contributed by atoms with Gasteiger partial charge in [0.25, 0.3) is 0 Å². The normalized spacial score (nSPS) is 19.1. The Balaban J connectivity index is 1.95. The van der Waals surface area contributed by atoms with Gasteiger partial charge in [0.1, 0.15) is 6.10 Å². The molecule has 0 N–H and O–H groups in total. The van der Waals surface area contributed by atoms with Crippen LogP contribution in [0, 0.1) is 0 Å². The van der Waals surface area contributed by atoms with Crippen LogP contribution in [0.4, 0.5) is 0 Å². The Bertz CT molecular complexity index is 698. The van der Waals surface area contributed by atoms with Gasteiger partial charge >= 0.3 is 0 Å². The van der Waals surface area contributed by atoms with Crippen molar-refractivity contribution in [2.24, 2.45) is 0 Å². The van der Waals surface area contributed by atoms with Crippen molar-refractivity contribution in [2.75, 3.05) is 21.3 Å². The van der Waals surface area contributed by atoms with E-state index in [4.69, 9.17) is 23.7 Å². The molecule has 1 aliphatic heterocycles. The molecule has 0 radical (unpaired) electrons. The Morgan fingerprint density at radius 3 is 2.26 bits per heavy atom. The average molecular weight is 316 g/mol. The Morgan fingerprint density at radius 1 is 0.826 bits per heavy atom. The van der Waals surface area contributed by atoms with Crippen LogP contribution in [0.5, 0.6) is 28.7 Å². The first kappa shape index (κ1) is 15.3. The number of fused-ring (bicyclic) bond motifs is 1. The number of methoxy groups -OCH3 is 3. The van der Waals surface area contributed by atoms with E-state index in [1.54, 1.807) is 21.3 Å². The molecule has 0 unspecified atom stereocenters. The van der Waals surface area contributed by atoms with Crippen LogP contribution in [0.15, 0.2) is 36.4 Å². The smallest absolute Gasteiger partial charge is 0.204 e. The standard InChI is InChI=1S/C18H20O5/c1-11-17(12-8-9-13(19-2)16(10-12)21-4)23-15-7-5-6-14(20-3)18(15)22-11/h5-11,17H,1-4H3/t11-,17+/m1/s1. The lowest BCUT2D eigenvalue weighted by atomic mass is 10.0. The van der Waals surface area contributed by atoms with Crippen LogP contribution >= 0.6 is 0 Å². The van der Waals surface area contributed by atoms with Crippen molar-refractivity contribution in [3.63, 3.8) is 0 Å². The molecule has 1 heterocycles. The van der Waals surface area contributed by atoms with Crippen LogP contribution in [0.25, 0.3) is 0 Å². The van der Waals surface area contributed by atoms with E-state index in [0.717, 1.165) is 5.56 Å². The molecule has 23 heavy (non-hydrogen) atoms. The number of para-hydroxylation sites is 1. The topological polar surface area (TPSA) is 46.2 Å². The number of hydrogen-bond donors (Lipinski definition) is 0. The van der Waals surface area contributed by atoms with Crippen molar-refractivity contribution in [1.82, 2.24) is 0 Å². The van der Waals surface area contributed by atoms with Gasteiger partial charge in [0, 0.05) is 5.56 Å². The molecule has 2 aromatic carbocycles. The van der Waals surface area contributed by atoms with E-state index in [9.17, 15) is 0 Å². The average Bonchev–Trinajstić information content (AvgIpc) is 2.60. The highest BCUT2D eigenvalue weighted by Gasteiger charge is 2.32. The van der Waals surface area contributed by atoms with Crippen molar-refractivity contribution in [3.8, 4) is 28.7 Å². The minimum Gasteiger partial charge on any atom is -0.493 e. The van der Waals surface area contributed by atoms with Crippen LogP contribution < -0.4 is 23.7 Å². The maximum atomic E-state index is 6.14. The summed E-state index contributed by atoms with van der Waals surface area (Å²) in [7, 11) is 4.84. The molecule has 5 nitrogen and oxygen atoms in total. The summed E-state index contributed by atoms with van der Waals surface area (Å²) in [4.78, 5) is 0. The van der Waals surface area contributed by atoms with E-state index >= 15 is 0 Å². The third kappa shape index (κ3) is 2.74. The lowest BCUT2D eigenvalue weighted by Crippen LogP contribution is -2.30. The van der Waals surface area contributed by atoms with Crippen molar-refractivity contribution in [3.05, 3.63) is 42.0 Å². The van der Waals surface area contributed by atoms with Gasteiger partial charge in [0.2, 0.25) is 5.75 Å². The van der Waals surface area contributed by atoms with Gasteiger partial charge in [-0.15, -0.1) is 0 Å². The molecule has 3 rings (SSSR count). The molecular weight excluding hydrogens is 296 g/mol. The predicted octanol–water partition coefficient (Wildman–Crippen LogP) is 3.61. The summed E-state index contributed by atoms with van der Waals surface area (Å²) in [6.45, 7) is 1.97. The third-order valence-electron chi connectivity index (χ3n) is 3.88. The molecule has 0 saturated carbocycles. The van der Waals surface area contributed by atoms with E-state index < -0.39 is 0 Å². The maximum absolute atomic E-state index is 6.14. The number of hydrogen-bond acceptors (Lipinski definition) is 5. The highest BCUT2D eigenvalue weighted by molar-refractivity contribution is 5.53. The molecule has 0 aromatic heterocycles. The van der Waals surface area contributed by atoms with Gasteiger partial charge < -0.3 is 23.7 Å². The molecule has 0 aliphatic carbocycles. The molecular formula is C18H20O5.